The molecule has 3 heteroatoms. The molecule has 1 saturated heterocycles. The molecular formula is C18H25NO2. The third-order valence-corrected chi connectivity index (χ3v) is 5.53. The summed E-state index contributed by atoms with van der Waals surface area (Å²) in [5.41, 5.74) is 1.33. The maximum absolute atomic E-state index is 12.3. The summed E-state index contributed by atoms with van der Waals surface area (Å²) in [7, 11) is 0. The highest BCUT2D eigenvalue weighted by Crippen LogP contribution is 2.43. The minimum atomic E-state index is -0.0232. The standard InChI is InChI=1S/C18H25NO2/c1-17(15-6-3-2-4-7-15)11-8-16(21)19(12-17)13-18(14-20)9-5-10-18/h2-4,6-7,20H,5,8-14H2,1H3. The molecule has 1 aromatic rings. The van der Waals surface area contributed by atoms with Crippen molar-refractivity contribution in [2.75, 3.05) is 19.7 Å². The van der Waals surface area contributed by atoms with E-state index in [0.717, 1.165) is 32.4 Å². The maximum atomic E-state index is 12.3. The number of amides is 1. The highest BCUT2D eigenvalue weighted by atomic mass is 16.3. The van der Waals surface area contributed by atoms with Crippen LogP contribution < -0.4 is 0 Å². The second kappa shape index (κ2) is 5.45. The van der Waals surface area contributed by atoms with Crippen LogP contribution in [0, 0.1) is 5.41 Å². The molecule has 21 heavy (non-hydrogen) atoms. The van der Waals surface area contributed by atoms with Crippen LogP contribution in [0.4, 0.5) is 0 Å². The Kier molecular flexibility index (Phi) is 3.78. The molecule has 0 bridgehead atoms. The summed E-state index contributed by atoms with van der Waals surface area (Å²) in [4.78, 5) is 14.3. The predicted octanol–water partition coefficient (Wildman–Crippen LogP) is 2.73. The van der Waals surface area contributed by atoms with Gasteiger partial charge in [0, 0.05) is 30.3 Å². The first-order valence-corrected chi connectivity index (χ1v) is 8.01. The fourth-order valence-electron chi connectivity index (χ4n) is 3.80. The van der Waals surface area contributed by atoms with Crippen LogP contribution in [-0.2, 0) is 10.2 Å². The van der Waals surface area contributed by atoms with Gasteiger partial charge in [-0.05, 0) is 24.8 Å². The smallest absolute Gasteiger partial charge is 0.222 e. The molecular weight excluding hydrogens is 262 g/mol. The second-order valence-corrected chi connectivity index (χ2v) is 7.19. The number of aliphatic hydroxyl groups excluding tert-OH is 1. The van der Waals surface area contributed by atoms with E-state index in [1.54, 1.807) is 0 Å². The lowest BCUT2D eigenvalue weighted by Gasteiger charge is -2.48. The lowest BCUT2D eigenvalue weighted by atomic mass is 9.68. The number of carbonyl (C=O) groups excluding carboxylic acids is 1. The molecule has 3 rings (SSSR count). The molecule has 0 radical (unpaired) electrons. The van der Waals surface area contributed by atoms with Crippen LogP contribution in [0.1, 0.15) is 44.6 Å². The van der Waals surface area contributed by atoms with Crippen molar-refractivity contribution in [3.8, 4) is 0 Å². The SMILES string of the molecule is CC1(c2ccccc2)CCC(=O)N(CC2(CO)CCC2)C1. The van der Waals surface area contributed by atoms with Crippen LogP contribution in [-0.4, -0.2) is 35.6 Å². The van der Waals surface area contributed by atoms with E-state index < -0.39 is 0 Å². The van der Waals surface area contributed by atoms with E-state index in [0.29, 0.717) is 6.42 Å². The predicted molar refractivity (Wildman–Crippen MR) is 83.0 cm³/mol. The van der Waals surface area contributed by atoms with Gasteiger partial charge in [-0.3, -0.25) is 4.79 Å². The zero-order valence-electron chi connectivity index (χ0n) is 12.8. The molecule has 1 N–H and O–H groups in total. The number of rotatable bonds is 4. The van der Waals surface area contributed by atoms with Gasteiger partial charge in [-0.1, -0.05) is 43.7 Å². The number of aliphatic hydroxyl groups is 1. The van der Waals surface area contributed by atoms with Gasteiger partial charge in [0.05, 0.1) is 6.61 Å². The van der Waals surface area contributed by atoms with Crippen LogP contribution in [0.15, 0.2) is 30.3 Å². The molecule has 2 fully saturated rings. The lowest BCUT2D eigenvalue weighted by Crippen LogP contribution is -2.53. The largest absolute Gasteiger partial charge is 0.396 e. The second-order valence-electron chi connectivity index (χ2n) is 7.19. The Labute approximate surface area is 127 Å². The van der Waals surface area contributed by atoms with E-state index in [1.165, 1.54) is 12.0 Å². The third kappa shape index (κ3) is 2.71. The van der Waals surface area contributed by atoms with Crippen molar-refractivity contribution < 1.29 is 9.90 Å². The Bertz CT molecular complexity index is 504. The van der Waals surface area contributed by atoms with Gasteiger partial charge in [0.25, 0.3) is 0 Å². The fourth-order valence-corrected chi connectivity index (χ4v) is 3.80. The summed E-state index contributed by atoms with van der Waals surface area (Å²) in [6.45, 7) is 3.97. The maximum Gasteiger partial charge on any atom is 0.222 e. The van der Waals surface area contributed by atoms with Gasteiger partial charge >= 0.3 is 0 Å². The summed E-state index contributed by atoms with van der Waals surface area (Å²) < 4.78 is 0. The van der Waals surface area contributed by atoms with Crippen molar-refractivity contribution in [3.05, 3.63) is 35.9 Å². The molecule has 3 nitrogen and oxygen atoms in total. The van der Waals surface area contributed by atoms with Crippen molar-refractivity contribution in [2.45, 2.75) is 44.4 Å². The van der Waals surface area contributed by atoms with E-state index in [-0.39, 0.29) is 23.3 Å². The van der Waals surface area contributed by atoms with Crippen LogP contribution >= 0.6 is 0 Å². The Balaban J connectivity index is 1.77. The van der Waals surface area contributed by atoms with Crippen molar-refractivity contribution in [1.82, 2.24) is 4.90 Å². The average Bonchev–Trinajstić information content (AvgIpc) is 2.47. The van der Waals surface area contributed by atoms with Gasteiger partial charge in [0.1, 0.15) is 0 Å². The number of hydrogen-bond donors (Lipinski definition) is 1. The van der Waals surface area contributed by atoms with Gasteiger partial charge < -0.3 is 10.0 Å². The molecule has 114 valence electrons. The van der Waals surface area contributed by atoms with E-state index >= 15 is 0 Å². The molecule has 1 aliphatic carbocycles. The molecule has 0 spiro atoms. The van der Waals surface area contributed by atoms with E-state index in [2.05, 4.69) is 31.2 Å². The Morgan fingerprint density at radius 2 is 1.90 bits per heavy atom. The van der Waals surface area contributed by atoms with Crippen LogP contribution in [0.2, 0.25) is 0 Å². The molecule has 1 amide bonds. The molecule has 2 aliphatic rings. The molecule has 1 aliphatic heterocycles. The minimum absolute atomic E-state index is 0.0232. The van der Waals surface area contributed by atoms with Crippen molar-refractivity contribution >= 4 is 5.91 Å². The van der Waals surface area contributed by atoms with Gasteiger partial charge in [-0.2, -0.15) is 0 Å². The summed E-state index contributed by atoms with van der Waals surface area (Å²) in [6.07, 6.45) is 4.81. The zero-order valence-corrected chi connectivity index (χ0v) is 12.8. The summed E-state index contributed by atoms with van der Waals surface area (Å²) in [6, 6.07) is 10.5. The topological polar surface area (TPSA) is 40.5 Å². The minimum Gasteiger partial charge on any atom is -0.396 e. The van der Waals surface area contributed by atoms with E-state index in [9.17, 15) is 9.90 Å². The first kappa shape index (κ1) is 14.6. The highest BCUT2D eigenvalue weighted by molar-refractivity contribution is 5.77. The molecule has 1 unspecified atom stereocenters. The summed E-state index contributed by atoms with van der Waals surface area (Å²) in [5.74, 6) is 0.253. The summed E-state index contributed by atoms with van der Waals surface area (Å²) in [5, 5.41) is 9.66. The molecule has 0 aromatic heterocycles. The van der Waals surface area contributed by atoms with Crippen molar-refractivity contribution in [1.29, 1.82) is 0 Å². The number of piperidine rings is 1. The van der Waals surface area contributed by atoms with Crippen LogP contribution in [0.25, 0.3) is 0 Å². The average molecular weight is 287 g/mol. The lowest BCUT2D eigenvalue weighted by molar-refractivity contribution is -0.139. The Hall–Kier alpha value is -1.35. The first-order valence-electron chi connectivity index (χ1n) is 8.01. The van der Waals surface area contributed by atoms with Gasteiger partial charge in [0.2, 0.25) is 5.91 Å². The quantitative estimate of drug-likeness (QED) is 0.925. The van der Waals surface area contributed by atoms with Gasteiger partial charge in [-0.15, -0.1) is 0 Å². The third-order valence-electron chi connectivity index (χ3n) is 5.53. The number of nitrogens with zero attached hydrogens (tertiary/aromatic N) is 1. The Morgan fingerprint density at radius 3 is 2.48 bits per heavy atom. The normalized spacial score (nSPS) is 28.3. The van der Waals surface area contributed by atoms with Crippen molar-refractivity contribution in [2.24, 2.45) is 5.41 Å². The fraction of sp³-hybridized carbons (Fsp3) is 0.611. The van der Waals surface area contributed by atoms with E-state index in [4.69, 9.17) is 0 Å². The number of benzene rings is 1. The Morgan fingerprint density at radius 1 is 1.19 bits per heavy atom. The van der Waals surface area contributed by atoms with Crippen molar-refractivity contribution in [3.63, 3.8) is 0 Å². The monoisotopic (exact) mass is 287 g/mol. The number of carbonyl (C=O) groups is 1. The van der Waals surface area contributed by atoms with Gasteiger partial charge in [0.15, 0.2) is 0 Å². The molecule has 1 aromatic carbocycles. The molecule has 1 saturated carbocycles. The van der Waals surface area contributed by atoms with Crippen LogP contribution in [0.5, 0.6) is 0 Å². The first-order chi connectivity index (χ1) is 10.1. The van der Waals surface area contributed by atoms with Crippen LogP contribution in [0.3, 0.4) is 0 Å². The zero-order chi connectivity index (χ0) is 14.9. The number of likely N-dealkylation sites (tertiary alicyclic amines) is 1. The summed E-state index contributed by atoms with van der Waals surface area (Å²) >= 11 is 0. The van der Waals surface area contributed by atoms with Gasteiger partial charge in [-0.25, -0.2) is 0 Å². The van der Waals surface area contributed by atoms with E-state index in [1.807, 2.05) is 11.0 Å². The molecule has 1 atom stereocenters. The highest BCUT2D eigenvalue weighted by Gasteiger charge is 2.43. The number of hydrogen-bond acceptors (Lipinski definition) is 2. The molecule has 1 heterocycles.